The average molecular weight is 300 g/mol. The van der Waals surface area contributed by atoms with E-state index in [0.717, 1.165) is 25.2 Å². The number of hydrogen-bond donors (Lipinski definition) is 1. The summed E-state index contributed by atoms with van der Waals surface area (Å²) in [7, 11) is 0. The number of benzene rings is 1. The fourth-order valence-corrected chi connectivity index (χ4v) is 2.66. The van der Waals surface area contributed by atoms with Gasteiger partial charge in [-0.2, -0.15) is 0 Å². The van der Waals surface area contributed by atoms with Gasteiger partial charge in [0.1, 0.15) is 10.7 Å². The molecular formula is C14H18ClNO2S. The van der Waals surface area contributed by atoms with Crippen molar-refractivity contribution in [3.63, 3.8) is 0 Å². The fourth-order valence-electron chi connectivity index (χ4n) is 2.16. The van der Waals surface area contributed by atoms with E-state index in [1.807, 2.05) is 6.07 Å². The highest BCUT2D eigenvalue weighted by Crippen LogP contribution is 2.23. The van der Waals surface area contributed by atoms with Gasteiger partial charge in [0.15, 0.2) is 0 Å². The second-order valence-corrected chi connectivity index (χ2v) is 5.48. The van der Waals surface area contributed by atoms with Crippen molar-refractivity contribution in [2.75, 3.05) is 13.2 Å². The Balaban J connectivity index is 1.76. The summed E-state index contributed by atoms with van der Waals surface area (Å²) in [6.45, 7) is 1.57. The SMILES string of the molecule is NC(=S)c1ccc(OCCCC2CCCO2)cc1Cl. The molecule has 1 aromatic rings. The Bertz CT molecular complexity index is 447. The zero-order valence-corrected chi connectivity index (χ0v) is 12.3. The third-order valence-corrected chi connectivity index (χ3v) is 3.70. The highest BCUT2D eigenvalue weighted by molar-refractivity contribution is 7.80. The molecule has 19 heavy (non-hydrogen) atoms. The standard InChI is InChI=1S/C14H18ClNO2S/c15-13-9-11(5-6-12(13)14(16)19)18-8-2-4-10-3-1-7-17-10/h5-6,9-10H,1-4,7-8H2,(H2,16,19). The highest BCUT2D eigenvalue weighted by Gasteiger charge is 2.14. The van der Waals surface area contributed by atoms with Crippen LogP contribution in [0.15, 0.2) is 18.2 Å². The zero-order chi connectivity index (χ0) is 13.7. The Morgan fingerprint density at radius 3 is 3.00 bits per heavy atom. The first-order valence-electron chi connectivity index (χ1n) is 6.50. The molecule has 0 spiro atoms. The molecule has 1 aliphatic rings. The van der Waals surface area contributed by atoms with Crippen molar-refractivity contribution >= 4 is 28.8 Å². The molecular weight excluding hydrogens is 282 g/mol. The molecule has 2 rings (SSSR count). The van der Waals surface area contributed by atoms with Crippen LogP contribution in [0.1, 0.15) is 31.2 Å². The van der Waals surface area contributed by atoms with Gasteiger partial charge in [0.05, 0.1) is 17.7 Å². The molecule has 0 bridgehead atoms. The van der Waals surface area contributed by atoms with E-state index in [1.54, 1.807) is 12.1 Å². The maximum atomic E-state index is 6.07. The molecule has 0 amide bonds. The van der Waals surface area contributed by atoms with Crippen LogP contribution in [0, 0.1) is 0 Å². The maximum Gasteiger partial charge on any atom is 0.120 e. The molecule has 1 aromatic carbocycles. The van der Waals surface area contributed by atoms with Crippen molar-refractivity contribution in [3.8, 4) is 5.75 Å². The Morgan fingerprint density at radius 1 is 1.53 bits per heavy atom. The van der Waals surface area contributed by atoms with Crippen molar-refractivity contribution in [3.05, 3.63) is 28.8 Å². The van der Waals surface area contributed by atoms with Crippen LogP contribution in [-0.2, 0) is 4.74 Å². The molecule has 3 nitrogen and oxygen atoms in total. The summed E-state index contributed by atoms with van der Waals surface area (Å²) in [5.41, 5.74) is 6.23. The topological polar surface area (TPSA) is 44.5 Å². The minimum atomic E-state index is 0.301. The number of rotatable bonds is 6. The fraction of sp³-hybridized carbons (Fsp3) is 0.500. The van der Waals surface area contributed by atoms with Gasteiger partial charge in [-0.1, -0.05) is 23.8 Å². The summed E-state index contributed by atoms with van der Waals surface area (Å²) in [5.74, 6) is 0.748. The van der Waals surface area contributed by atoms with Crippen LogP contribution in [0.2, 0.25) is 5.02 Å². The van der Waals surface area contributed by atoms with E-state index in [-0.39, 0.29) is 0 Å². The van der Waals surface area contributed by atoms with Gasteiger partial charge in [-0.15, -0.1) is 0 Å². The lowest BCUT2D eigenvalue weighted by atomic mass is 10.1. The first-order valence-corrected chi connectivity index (χ1v) is 7.29. The molecule has 1 unspecified atom stereocenters. The Morgan fingerprint density at radius 2 is 2.37 bits per heavy atom. The second kappa shape index (κ2) is 7.08. The number of ether oxygens (including phenoxy) is 2. The molecule has 0 radical (unpaired) electrons. The van der Waals surface area contributed by atoms with Gasteiger partial charge in [0.25, 0.3) is 0 Å². The maximum absolute atomic E-state index is 6.07. The summed E-state index contributed by atoms with van der Waals surface area (Å²) in [4.78, 5) is 0.301. The summed E-state index contributed by atoms with van der Waals surface area (Å²) >= 11 is 11.0. The number of halogens is 1. The zero-order valence-electron chi connectivity index (χ0n) is 10.7. The predicted octanol–water partition coefficient (Wildman–Crippen LogP) is 3.31. The number of nitrogens with two attached hydrogens (primary N) is 1. The molecule has 104 valence electrons. The Kier molecular flexibility index (Phi) is 5.43. The largest absolute Gasteiger partial charge is 0.494 e. The lowest BCUT2D eigenvalue weighted by molar-refractivity contribution is 0.0981. The van der Waals surface area contributed by atoms with Crippen LogP contribution >= 0.6 is 23.8 Å². The Labute approximate surface area is 124 Å². The minimum Gasteiger partial charge on any atom is -0.494 e. The summed E-state index contributed by atoms with van der Waals surface area (Å²) in [5, 5.41) is 0.532. The smallest absolute Gasteiger partial charge is 0.120 e. The van der Waals surface area contributed by atoms with Gasteiger partial charge in [-0.05, 0) is 43.9 Å². The monoisotopic (exact) mass is 299 g/mol. The second-order valence-electron chi connectivity index (χ2n) is 4.63. The van der Waals surface area contributed by atoms with E-state index in [0.29, 0.717) is 28.3 Å². The Hall–Kier alpha value is -0.840. The molecule has 0 aromatic heterocycles. The average Bonchev–Trinajstić information content (AvgIpc) is 2.87. The first-order chi connectivity index (χ1) is 9.16. The summed E-state index contributed by atoms with van der Waals surface area (Å²) < 4.78 is 11.2. The van der Waals surface area contributed by atoms with Crippen molar-refractivity contribution in [2.24, 2.45) is 5.73 Å². The predicted molar refractivity (Wildman–Crippen MR) is 81.0 cm³/mol. The summed E-state index contributed by atoms with van der Waals surface area (Å²) in [6, 6.07) is 5.38. The van der Waals surface area contributed by atoms with Gasteiger partial charge in [-0.25, -0.2) is 0 Å². The molecule has 1 heterocycles. The molecule has 0 saturated carbocycles. The van der Waals surface area contributed by atoms with Crippen LogP contribution < -0.4 is 10.5 Å². The van der Waals surface area contributed by atoms with Crippen molar-refractivity contribution in [2.45, 2.75) is 31.8 Å². The van der Waals surface area contributed by atoms with Gasteiger partial charge >= 0.3 is 0 Å². The lowest BCUT2D eigenvalue weighted by Gasteiger charge is -2.11. The van der Waals surface area contributed by atoms with Crippen molar-refractivity contribution < 1.29 is 9.47 Å². The quantitative estimate of drug-likeness (QED) is 0.646. The molecule has 0 aliphatic carbocycles. The van der Waals surface area contributed by atoms with E-state index < -0.39 is 0 Å². The molecule has 1 aliphatic heterocycles. The normalized spacial score (nSPS) is 18.5. The van der Waals surface area contributed by atoms with E-state index in [2.05, 4.69) is 0 Å². The van der Waals surface area contributed by atoms with Crippen LogP contribution in [0.3, 0.4) is 0 Å². The van der Waals surface area contributed by atoms with E-state index >= 15 is 0 Å². The molecule has 1 atom stereocenters. The first kappa shape index (κ1) is 14.6. The van der Waals surface area contributed by atoms with Crippen LogP contribution in [0.4, 0.5) is 0 Å². The molecule has 1 saturated heterocycles. The van der Waals surface area contributed by atoms with E-state index in [1.165, 1.54) is 12.8 Å². The number of hydrogen-bond acceptors (Lipinski definition) is 3. The van der Waals surface area contributed by atoms with E-state index in [9.17, 15) is 0 Å². The van der Waals surface area contributed by atoms with Crippen LogP contribution in [0.5, 0.6) is 5.75 Å². The highest BCUT2D eigenvalue weighted by atomic mass is 35.5. The van der Waals surface area contributed by atoms with Crippen LogP contribution in [0.25, 0.3) is 0 Å². The van der Waals surface area contributed by atoms with E-state index in [4.69, 9.17) is 39.0 Å². The number of thiocarbonyl (C=S) groups is 1. The third-order valence-electron chi connectivity index (χ3n) is 3.17. The molecule has 1 fully saturated rings. The van der Waals surface area contributed by atoms with Gasteiger partial charge in [0, 0.05) is 12.2 Å². The van der Waals surface area contributed by atoms with Crippen molar-refractivity contribution in [1.29, 1.82) is 0 Å². The van der Waals surface area contributed by atoms with Gasteiger partial charge < -0.3 is 15.2 Å². The molecule has 5 heteroatoms. The lowest BCUT2D eigenvalue weighted by Crippen LogP contribution is -2.10. The summed E-state index contributed by atoms with van der Waals surface area (Å²) in [6.07, 6.45) is 4.82. The van der Waals surface area contributed by atoms with Crippen LogP contribution in [-0.4, -0.2) is 24.3 Å². The minimum absolute atomic E-state index is 0.301. The van der Waals surface area contributed by atoms with Gasteiger partial charge in [-0.3, -0.25) is 0 Å². The molecule has 2 N–H and O–H groups in total. The third kappa shape index (κ3) is 4.34. The van der Waals surface area contributed by atoms with Crippen molar-refractivity contribution in [1.82, 2.24) is 0 Å². The van der Waals surface area contributed by atoms with Gasteiger partial charge in [0.2, 0.25) is 0 Å².